The van der Waals surface area contributed by atoms with Gasteiger partial charge in [-0.1, -0.05) is 26.0 Å². The van der Waals surface area contributed by atoms with Crippen LogP contribution in [0.5, 0.6) is 5.75 Å². The number of pyridine rings is 1. The molecule has 33 heavy (non-hydrogen) atoms. The molecule has 1 saturated heterocycles. The fourth-order valence-electron chi connectivity index (χ4n) is 4.23. The quantitative estimate of drug-likeness (QED) is 0.556. The Morgan fingerprint density at radius 2 is 1.70 bits per heavy atom. The van der Waals surface area contributed by atoms with Crippen LogP contribution < -0.4 is 10.3 Å². The van der Waals surface area contributed by atoms with Crippen molar-refractivity contribution in [1.29, 1.82) is 0 Å². The van der Waals surface area contributed by atoms with Crippen molar-refractivity contribution in [1.82, 2.24) is 13.8 Å². The number of nitrogens with zero attached hydrogens (tertiary/aromatic N) is 3. The Morgan fingerprint density at radius 1 is 1.06 bits per heavy atom. The average Bonchev–Trinajstić information content (AvgIpc) is 2.82. The number of sulfonamides is 1. The molecule has 3 rings (SSSR count). The second-order valence-corrected chi connectivity index (χ2v) is 10.2. The van der Waals surface area contributed by atoms with E-state index in [0.717, 1.165) is 25.0 Å². The second-order valence-electron chi connectivity index (χ2n) is 8.30. The molecule has 2 aromatic rings. The first-order valence-electron chi connectivity index (χ1n) is 11.4. The summed E-state index contributed by atoms with van der Waals surface area (Å²) in [5.41, 5.74) is 0.856. The lowest BCUT2D eigenvalue weighted by Gasteiger charge is -2.32. The van der Waals surface area contributed by atoms with Crippen LogP contribution in [0, 0.1) is 5.92 Å². The lowest BCUT2D eigenvalue weighted by Crippen LogP contribution is -2.42. The van der Waals surface area contributed by atoms with Crippen LogP contribution in [0.25, 0.3) is 0 Å². The largest absolute Gasteiger partial charge is 0.497 e. The highest BCUT2D eigenvalue weighted by Gasteiger charge is 2.25. The summed E-state index contributed by atoms with van der Waals surface area (Å²) >= 11 is 0. The first-order chi connectivity index (χ1) is 15.8. The first-order valence-corrected chi connectivity index (χ1v) is 12.8. The summed E-state index contributed by atoms with van der Waals surface area (Å²) in [6, 6.07) is 10.6. The zero-order valence-corrected chi connectivity index (χ0v) is 20.4. The normalized spacial score (nSPS) is 15.1. The Kier molecular flexibility index (Phi) is 8.31. The molecule has 0 spiro atoms. The molecule has 0 bridgehead atoms. The number of rotatable bonds is 9. The molecular formula is C24H33N3O5S. The van der Waals surface area contributed by atoms with Crippen LogP contribution >= 0.6 is 0 Å². The van der Waals surface area contributed by atoms with E-state index in [9.17, 15) is 18.0 Å². The molecule has 180 valence electrons. The van der Waals surface area contributed by atoms with Crippen molar-refractivity contribution in [3.05, 3.63) is 58.5 Å². The molecule has 1 aliphatic rings. The molecule has 0 N–H and O–H groups in total. The minimum atomic E-state index is -3.70. The van der Waals surface area contributed by atoms with Crippen molar-refractivity contribution in [3.63, 3.8) is 0 Å². The summed E-state index contributed by atoms with van der Waals surface area (Å²) in [5.74, 6) is 1.16. The lowest BCUT2D eigenvalue weighted by atomic mass is 9.90. The van der Waals surface area contributed by atoms with Gasteiger partial charge in [0.2, 0.25) is 15.9 Å². The van der Waals surface area contributed by atoms with Gasteiger partial charge in [0.25, 0.3) is 5.56 Å². The fraction of sp³-hybridized carbons (Fsp3) is 0.500. The number of likely N-dealkylation sites (tertiary alicyclic amines) is 1. The Morgan fingerprint density at radius 3 is 2.27 bits per heavy atom. The van der Waals surface area contributed by atoms with Gasteiger partial charge in [-0.15, -0.1) is 0 Å². The van der Waals surface area contributed by atoms with Crippen LogP contribution in [0.1, 0.15) is 32.3 Å². The summed E-state index contributed by atoms with van der Waals surface area (Å²) in [6.45, 7) is 5.30. The minimum Gasteiger partial charge on any atom is -0.497 e. The number of methoxy groups -OCH3 is 1. The van der Waals surface area contributed by atoms with E-state index >= 15 is 0 Å². The van der Waals surface area contributed by atoms with Gasteiger partial charge in [-0.2, -0.15) is 4.31 Å². The number of carbonyl (C=O) groups excluding carboxylic acids is 1. The molecule has 1 fully saturated rings. The van der Waals surface area contributed by atoms with E-state index in [4.69, 9.17) is 4.74 Å². The molecule has 0 saturated carbocycles. The number of ether oxygens (including phenoxy) is 1. The van der Waals surface area contributed by atoms with E-state index in [2.05, 4.69) is 12.1 Å². The van der Waals surface area contributed by atoms with Crippen LogP contribution in [0.2, 0.25) is 0 Å². The molecule has 8 nitrogen and oxygen atoms in total. The molecule has 1 aliphatic heterocycles. The predicted molar refractivity (Wildman–Crippen MR) is 127 cm³/mol. The van der Waals surface area contributed by atoms with E-state index in [1.54, 1.807) is 25.9 Å². The predicted octanol–water partition coefficient (Wildman–Crippen LogP) is 2.37. The minimum absolute atomic E-state index is 0.0248. The maximum atomic E-state index is 12.9. The number of hydrogen-bond acceptors (Lipinski definition) is 5. The van der Waals surface area contributed by atoms with Crippen molar-refractivity contribution in [3.8, 4) is 5.75 Å². The summed E-state index contributed by atoms with van der Waals surface area (Å²) in [4.78, 5) is 26.9. The Hall–Kier alpha value is -2.65. The summed E-state index contributed by atoms with van der Waals surface area (Å²) in [7, 11) is -2.05. The van der Waals surface area contributed by atoms with E-state index in [-0.39, 0.29) is 17.3 Å². The maximum Gasteiger partial charge on any atom is 0.251 e. The highest BCUT2D eigenvalue weighted by atomic mass is 32.2. The first kappa shape index (κ1) is 25.0. The third-order valence-electron chi connectivity index (χ3n) is 6.26. The van der Waals surface area contributed by atoms with E-state index in [0.29, 0.717) is 32.1 Å². The van der Waals surface area contributed by atoms with E-state index in [1.165, 1.54) is 32.8 Å². The zero-order chi connectivity index (χ0) is 24.0. The molecule has 1 aromatic carbocycles. The van der Waals surface area contributed by atoms with Crippen LogP contribution in [0.3, 0.4) is 0 Å². The summed E-state index contributed by atoms with van der Waals surface area (Å²) < 4.78 is 33.3. The Balaban J connectivity index is 1.61. The van der Waals surface area contributed by atoms with Gasteiger partial charge in [0.15, 0.2) is 0 Å². The van der Waals surface area contributed by atoms with Crippen LogP contribution in [0.4, 0.5) is 0 Å². The van der Waals surface area contributed by atoms with Crippen molar-refractivity contribution in [2.45, 2.75) is 44.6 Å². The van der Waals surface area contributed by atoms with Gasteiger partial charge >= 0.3 is 0 Å². The highest BCUT2D eigenvalue weighted by molar-refractivity contribution is 7.89. The summed E-state index contributed by atoms with van der Waals surface area (Å²) in [6.07, 6.45) is 4.02. The van der Waals surface area contributed by atoms with Gasteiger partial charge in [0.05, 0.1) is 12.0 Å². The van der Waals surface area contributed by atoms with Gasteiger partial charge in [0.1, 0.15) is 12.3 Å². The molecule has 1 amide bonds. The van der Waals surface area contributed by atoms with Gasteiger partial charge in [-0.3, -0.25) is 9.59 Å². The van der Waals surface area contributed by atoms with Gasteiger partial charge in [-0.25, -0.2) is 8.42 Å². The zero-order valence-electron chi connectivity index (χ0n) is 19.6. The number of benzene rings is 1. The third kappa shape index (κ3) is 6.03. The monoisotopic (exact) mass is 475 g/mol. The standard InChI is InChI=1S/C24H33N3O5S/c1-4-27(5-2)33(30,31)22-10-11-23(28)26(17-22)18-24(29)25-14-12-20(13-15-25)16-19-6-8-21(32-3)9-7-19/h6-11,17,20H,4-5,12-16,18H2,1-3H3. The van der Waals surface area contributed by atoms with Gasteiger partial charge in [0, 0.05) is 38.4 Å². The Labute approximate surface area is 195 Å². The maximum absolute atomic E-state index is 12.9. The molecule has 0 atom stereocenters. The molecule has 2 heterocycles. The van der Waals surface area contributed by atoms with Crippen molar-refractivity contribution >= 4 is 15.9 Å². The third-order valence-corrected chi connectivity index (χ3v) is 8.29. The smallest absolute Gasteiger partial charge is 0.251 e. The number of hydrogen-bond donors (Lipinski definition) is 0. The number of piperidine rings is 1. The van der Waals surface area contributed by atoms with Crippen LogP contribution in [-0.2, 0) is 27.8 Å². The molecule has 0 unspecified atom stereocenters. The number of carbonyl (C=O) groups is 1. The Bertz CT molecular complexity index is 1100. The second kappa shape index (κ2) is 11.0. The molecule has 9 heteroatoms. The molecule has 0 aliphatic carbocycles. The lowest BCUT2D eigenvalue weighted by molar-refractivity contribution is -0.133. The van der Waals surface area contributed by atoms with Crippen molar-refractivity contribution in [2.24, 2.45) is 5.92 Å². The van der Waals surface area contributed by atoms with Crippen LogP contribution in [-0.4, -0.2) is 61.4 Å². The molecule has 1 aromatic heterocycles. The van der Waals surface area contributed by atoms with Crippen molar-refractivity contribution < 1.29 is 17.9 Å². The van der Waals surface area contributed by atoms with Crippen LogP contribution in [0.15, 0.2) is 52.3 Å². The van der Waals surface area contributed by atoms with Gasteiger partial charge < -0.3 is 14.2 Å². The van der Waals surface area contributed by atoms with E-state index < -0.39 is 15.6 Å². The van der Waals surface area contributed by atoms with Crippen molar-refractivity contribution in [2.75, 3.05) is 33.3 Å². The summed E-state index contributed by atoms with van der Waals surface area (Å²) in [5, 5.41) is 0. The van der Waals surface area contributed by atoms with Gasteiger partial charge in [-0.05, 0) is 48.9 Å². The molecule has 0 radical (unpaired) electrons. The van der Waals surface area contributed by atoms with E-state index in [1.807, 2.05) is 12.1 Å². The number of aromatic nitrogens is 1. The average molecular weight is 476 g/mol. The fourth-order valence-corrected chi connectivity index (χ4v) is 5.70. The highest BCUT2D eigenvalue weighted by Crippen LogP contribution is 2.23. The SMILES string of the molecule is CCN(CC)S(=O)(=O)c1ccc(=O)n(CC(=O)N2CCC(Cc3ccc(OC)cc3)CC2)c1. The topological polar surface area (TPSA) is 88.9 Å². The number of amides is 1. The molecular weight excluding hydrogens is 442 g/mol.